The Morgan fingerprint density at radius 3 is 2.60 bits per heavy atom. The summed E-state index contributed by atoms with van der Waals surface area (Å²) in [5, 5.41) is 15.4. The van der Waals surface area contributed by atoms with Crippen LogP contribution in [0.5, 0.6) is 5.88 Å². The molecule has 1 aromatic heterocycles. The highest BCUT2D eigenvalue weighted by molar-refractivity contribution is 8.15. The zero-order valence-electron chi connectivity index (χ0n) is 18.3. The average Bonchev–Trinajstić information content (AvgIpc) is 3.12. The number of carbonyl (C=O) groups excluding carboxylic acids is 2. The van der Waals surface area contributed by atoms with Crippen LogP contribution in [-0.2, 0) is 9.59 Å². The van der Waals surface area contributed by atoms with Crippen molar-refractivity contribution in [2.45, 2.75) is 24.6 Å². The third-order valence-electron chi connectivity index (χ3n) is 5.13. The number of benzene rings is 2. The normalized spacial score (nSPS) is 17.3. The van der Waals surface area contributed by atoms with Crippen molar-refractivity contribution in [2.75, 3.05) is 5.32 Å². The molecule has 2 amide bonds. The number of aromatic hydroxyl groups is 1. The average molecular weight is 514 g/mol. The van der Waals surface area contributed by atoms with Gasteiger partial charge in [0.05, 0.1) is 0 Å². The Hall–Kier alpha value is -3.83. The van der Waals surface area contributed by atoms with Gasteiger partial charge in [-0.1, -0.05) is 53.2 Å². The van der Waals surface area contributed by atoms with Crippen molar-refractivity contribution in [2.24, 2.45) is 4.99 Å². The molecule has 2 atom stereocenters. The second-order valence-corrected chi connectivity index (χ2v) is 9.40. The standard InChI is InChI=1S/C23H20ClN5O5S/c1-11-5-7-14(8-6-11)25-16(30)10-15-19(31)29-23(35-15)26-18(12-3-2-4-13(24)9-12)17-20(32)27-22(34)28-21(17)33/h2-9,15,18H,10H2,1H3,(H,25,30)(H,26,29,31)(H3,27,28,32,33,34)/t15-,18-/m0/s1. The smallest absolute Gasteiger partial charge is 0.328 e. The van der Waals surface area contributed by atoms with Crippen molar-refractivity contribution < 1.29 is 14.7 Å². The van der Waals surface area contributed by atoms with Crippen LogP contribution in [0.3, 0.4) is 0 Å². The van der Waals surface area contributed by atoms with Gasteiger partial charge in [0.1, 0.15) is 16.9 Å². The molecule has 10 nitrogen and oxygen atoms in total. The SMILES string of the molecule is Cc1ccc(NC(=O)C[C@@H]2SC(=N[C@@H](c3cccc(Cl)c3)c3c(O)[nH]c(=O)[nH]c3=O)NC2=O)cc1. The number of aromatic nitrogens is 2. The molecule has 2 heterocycles. The highest BCUT2D eigenvalue weighted by atomic mass is 35.5. The lowest BCUT2D eigenvalue weighted by atomic mass is 10.0. The first-order valence-electron chi connectivity index (χ1n) is 10.4. The lowest BCUT2D eigenvalue weighted by Gasteiger charge is -2.14. The molecule has 1 saturated heterocycles. The van der Waals surface area contributed by atoms with Crippen LogP contribution in [0.15, 0.2) is 63.1 Å². The number of carbonyl (C=O) groups is 2. The highest BCUT2D eigenvalue weighted by Gasteiger charge is 2.33. The van der Waals surface area contributed by atoms with Gasteiger partial charge in [-0.25, -0.2) is 9.79 Å². The molecule has 180 valence electrons. The van der Waals surface area contributed by atoms with Crippen molar-refractivity contribution in [1.29, 1.82) is 0 Å². The monoisotopic (exact) mass is 513 g/mol. The van der Waals surface area contributed by atoms with Gasteiger partial charge in [-0.15, -0.1) is 0 Å². The third kappa shape index (κ3) is 5.81. The summed E-state index contributed by atoms with van der Waals surface area (Å²) in [6, 6.07) is 12.6. The number of nitrogens with zero attached hydrogens (tertiary/aromatic N) is 1. The molecule has 0 aliphatic carbocycles. The zero-order chi connectivity index (χ0) is 25.1. The molecule has 0 unspecified atom stereocenters. The van der Waals surface area contributed by atoms with Gasteiger partial charge in [0, 0.05) is 17.1 Å². The topological polar surface area (TPSA) is 157 Å². The highest BCUT2D eigenvalue weighted by Crippen LogP contribution is 2.32. The van der Waals surface area contributed by atoms with Gasteiger partial charge in [0.2, 0.25) is 17.7 Å². The minimum atomic E-state index is -1.10. The Morgan fingerprint density at radius 1 is 1.17 bits per heavy atom. The summed E-state index contributed by atoms with van der Waals surface area (Å²) in [5.41, 5.74) is 0.159. The van der Waals surface area contributed by atoms with Crippen molar-refractivity contribution in [3.05, 3.63) is 91.1 Å². The van der Waals surface area contributed by atoms with Gasteiger partial charge in [-0.2, -0.15) is 0 Å². The summed E-state index contributed by atoms with van der Waals surface area (Å²) < 4.78 is 0. The van der Waals surface area contributed by atoms with Gasteiger partial charge in [0.15, 0.2) is 5.17 Å². The van der Waals surface area contributed by atoms with E-state index in [0.29, 0.717) is 16.3 Å². The molecule has 0 spiro atoms. The van der Waals surface area contributed by atoms with Crippen molar-refractivity contribution in [3.8, 4) is 5.88 Å². The van der Waals surface area contributed by atoms with E-state index < -0.39 is 34.3 Å². The van der Waals surface area contributed by atoms with Gasteiger partial charge >= 0.3 is 5.69 Å². The van der Waals surface area contributed by atoms with Crippen molar-refractivity contribution in [3.63, 3.8) is 0 Å². The maximum atomic E-state index is 12.5. The number of halogens is 1. The molecule has 1 aliphatic heterocycles. The summed E-state index contributed by atoms with van der Waals surface area (Å²) in [7, 11) is 0. The Kier molecular flexibility index (Phi) is 7.08. The molecule has 2 aromatic carbocycles. The van der Waals surface area contributed by atoms with E-state index in [1.165, 1.54) is 0 Å². The van der Waals surface area contributed by atoms with Crippen LogP contribution in [0.1, 0.15) is 29.2 Å². The largest absolute Gasteiger partial charge is 0.494 e. The third-order valence-corrected chi connectivity index (χ3v) is 6.46. The van der Waals surface area contributed by atoms with Crippen molar-refractivity contribution >= 4 is 46.0 Å². The molecular formula is C23H20ClN5O5S. The number of aromatic amines is 2. The predicted octanol–water partition coefficient (Wildman–Crippen LogP) is 2.44. The van der Waals surface area contributed by atoms with Crippen LogP contribution in [0.4, 0.5) is 5.69 Å². The first kappa shape index (κ1) is 24.3. The first-order valence-corrected chi connectivity index (χ1v) is 11.7. The molecule has 0 bridgehead atoms. The van der Waals surface area contributed by atoms with E-state index in [0.717, 1.165) is 17.3 Å². The van der Waals surface area contributed by atoms with E-state index in [-0.39, 0.29) is 23.1 Å². The maximum Gasteiger partial charge on any atom is 0.328 e. The number of anilines is 1. The second kappa shape index (κ2) is 10.2. The van der Waals surface area contributed by atoms with Crippen LogP contribution in [0.25, 0.3) is 0 Å². The summed E-state index contributed by atoms with van der Waals surface area (Å²) in [5.74, 6) is -1.42. The van der Waals surface area contributed by atoms with E-state index in [4.69, 9.17) is 11.6 Å². The molecule has 5 N–H and O–H groups in total. The van der Waals surface area contributed by atoms with Crippen LogP contribution >= 0.6 is 23.4 Å². The number of amidine groups is 1. The minimum absolute atomic E-state index is 0.101. The van der Waals surface area contributed by atoms with E-state index in [1.807, 2.05) is 19.1 Å². The fraction of sp³-hybridized carbons (Fsp3) is 0.174. The number of H-pyrrole nitrogens is 2. The number of thioether (sulfide) groups is 1. The maximum absolute atomic E-state index is 12.5. The molecule has 12 heteroatoms. The Balaban J connectivity index is 1.59. The Labute approximate surface area is 207 Å². The van der Waals surface area contributed by atoms with E-state index in [2.05, 4.69) is 25.6 Å². The van der Waals surface area contributed by atoms with E-state index in [9.17, 15) is 24.3 Å². The molecule has 0 radical (unpaired) electrons. The summed E-state index contributed by atoms with van der Waals surface area (Å²) >= 11 is 7.13. The number of aliphatic imine (C=N–C) groups is 1. The molecule has 1 aliphatic rings. The number of hydrogen-bond acceptors (Lipinski definition) is 7. The van der Waals surface area contributed by atoms with Crippen LogP contribution in [-0.4, -0.2) is 37.3 Å². The van der Waals surface area contributed by atoms with Gasteiger partial charge < -0.3 is 15.7 Å². The number of hydrogen-bond donors (Lipinski definition) is 5. The van der Waals surface area contributed by atoms with Gasteiger partial charge in [0.25, 0.3) is 5.56 Å². The van der Waals surface area contributed by atoms with Gasteiger partial charge in [-0.3, -0.25) is 24.4 Å². The molecular weight excluding hydrogens is 494 g/mol. The van der Waals surface area contributed by atoms with Gasteiger partial charge in [-0.05, 0) is 36.8 Å². The van der Waals surface area contributed by atoms with E-state index in [1.54, 1.807) is 36.4 Å². The van der Waals surface area contributed by atoms with Crippen LogP contribution in [0, 0.1) is 6.92 Å². The van der Waals surface area contributed by atoms with Crippen LogP contribution in [0.2, 0.25) is 5.02 Å². The fourth-order valence-electron chi connectivity index (χ4n) is 3.46. The molecule has 4 rings (SSSR count). The zero-order valence-corrected chi connectivity index (χ0v) is 19.9. The van der Waals surface area contributed by atoms with E-state index >= 15 is 0 Å². The minimum Gasteiger partial charge on any atom is -0.494 e. The quantitative estimate of drug-likeness (QED) is 0.341. The summed E-state index contributed by atoms with van der Waals surface area (Å²) in [6.45, 7) is 1.93. The molecule has 1 fully saturated rings. The lowest BCUT2D eigenvalue weighted by Crippen LogP contribution is -2.29. The Morgan fingerprint density at radius 2 is 1.91 bits per heavy atom. The fourth-order valence-corrected chi connectivity index (χ4v) is 4.65. The molecule has 35 heavy (non-hydrogen) atoms. The number of aryl methyl sites for hydroxylation is 1. The Bertz CT molecular complexity index is 1430. The van der Waals surface area contributed by atoms with Crippen LogP contribution < -0.4 is 21.9 Å². The molecule has 0 saturated carbocycles. The summed E-state index contributed by atoms with van der Waals surface area (Å²) in [4.78, 5) is 57.7. The molecule has 3 aromatic rings. The second-order valence-electron chi connectivity index (χ2n) is 7.78. The van der Waals surface area contributed by atoms with Crippen molar-refractivity contribution in [1.82, 2.24) is 15.3 Å². The lowest BCUT2D eigenvalue weighted by molar-refractivity contribution is -0.122. The first-order chi connectivity index (χ1) is 16.7. The summed E-state index contributed by atoms with van der Waals surface area (Å²) in [6.07, 6.45) is -0.101. The number of rotatable bonds is 6. The number of amides is 2. The number of nitrogens with one attached hydrogen (secondary N) is 4. The predicted molar refractivity (Wildman–Crippen MR) is 134 cm³/mol.